The van der Waals surface area contributed by atoms with E-state index in [1.54, 1.807) is 37.0 Å². The molecule has 0 bridgehead atoms. The molecule has 19 heavy (non-hydrogen) atoms. The average Bonchev–Trinajstić information content (AvgIpc) is 2.34. The van der Waals surface area contributed by atoms with Crippen molar-refractivity contribution in [1.82, 2.24) is 4.90 Å². The van der Waals surface area contributed by atoms with Gasteiger partial charge in [-0.2, -0.15) is 0 Å². The predicted octanol–water partition coefficient (Wildman–Crippen LogP) is 2.46. The van der Waals surface area contributed by atoms with E-state index in [1.165, 1.54) is 18.2 Å². The zero-order chi connectivity index (χ0) is 14.5. The van der Waals surface area contributed by atoms with Crippen LogP contribution in [0.5, 0.6) is 0 Å². The molecular weight excluding hydrogens is 245 g/mol. The topological polar surface area (TPSA) is 40.5 Å². The van der Waals surface area contributed by atoms with E-state index in [0.29, 0.717) is 6.54 Å². The second-order valence-electron chi connectivity index (χ2n) is 5.05. The van der Waals surface area contributed by atoms with E-state index in [2.05, 4.69) is 0 Å². The molecule has 0 aliphatic heterocycles. The summed E-state index contributed by atoms with van der Waals surface area (Å²) in [4.78, 5) is 13.5. The van der Waals surface area contributed by atoms with Crippen molar-refractivity contribution in [2.24, 2.45) is 0 Å². The molecule has 104 valence electrons. The number of benzene rings is 1. The lowest BCUT2D eigenvalue weighted by Gasteiger charge is -2.27. The van der Waals surface area contributed by atoms with Gasteiger partial charge in [0.1, 0.15) is 5.82 Å². The maximum Gasteiger partial charge on any atom is 0.246 e. The predicted molar refractivity (Wildman–Crippen MR) is 74.0 cm³/mol. The molecular formula is C15H20FNO2. The molecule has 0 fully saturated rings. The Hall–Kier alpha value is -1.68. The van der Waals surface area contributed by atoms with E-state index in [-0.39, 0.29) is 18.3 Å². The van der Waals surface area contributed by atoms with Crippen molar-refractivity contribution in [3.05, 3.63) is 41.7 Å². The van der Waals surface area contributed by atoms with Crippen molar-refractivity contribution in [3.8, 4) is 0 Å². The summed E-state index contributed by atoms with van der Waals surface area (Å²) >= 11 is 0. The van der Waals surface area contributed by atoms with E-state index in [0.717, 1.165) is 5.56 Å². The van der Waals surface area contributed by atoms with Gasteiger partial charge >= 0.3 is 0 Å². The van der Waals surface area contributed by atoms with Crippen molar-refractivity contribution >= 4 is 12.0 Å². The number of carbonyl (C=O) groups is 1. The Balaban J connectivity index is 2.69. The third kappa shape index (κ3) is 5.66. The maximum absolute atomic E-state index is 12.7. The van der Waals surface area contributed by atoms with Crippen LogP contribution in [0.3, 0.4) is 0 Å². The van der Waals surface area contributed by atoms with Crippen molar-refractivity contribution in [2.75, 3.05) is 13.1 Å². The van der Waals surface area contributed by atoms with E-state index in [9.17, 15) is 14.3 Å². The summed E-state index contributed by atoms with van der Waals surface area (Å²) in [7, 11) is 0. The van der Waals surface area contributed by atoms with Crippen LogP contribution in [0, 0.1) is 5.82 Å². The number of amides is 1. The molecule has 0 saturated carbocycles. The Morgan fingerprint density at radius 2 is 1.95 bits per heavy atom. The van der Waals surface area contributed by atoms with Gasteiger partial charge in [0.05, 0.1) is 5.60 Å². The highest BCUT2D eigenvalue weighted by atomic mass is 19.1. The summed E-state index contributed by atoms with van der Waals surface area (Å²) in [5.41, 5.74) is -0.163. The normalized spacial score (nSPS) is 11.8. The first-order chi connectivity index (χ1) is 8.81. The largest absolute Gasteiger partial charge is 0.389 e. The lowest BCUT2D eigenvalue weighted by Crippen LogP contribution is -2.41. The van der Waals surface area contributed by atoms with E-state index < -0.39 is 5.60 Å². The first-order valence-electron chi connectivity index (χ1n) is 6.27. The quantitative estimate of drug-likeness (QED) is 0.831. The Kier molecular flexibility index (Phi) is 5.24. The van der Waals surface area contributed by atoms with E-state index in [1.807, 2.05) is 6.92 Å². The molecule has 1 rings (SSSR count). The van der Waals surface area contributed by atoms with Gasteiger partial charge in [-0.05, 0) is 44.5 Å². The molecule has 0 saturated heterocycles. The lowest BCUT2D eigenvalue weighted by molar-refractivity contribution is -0.128. The van der Waals surface area contributed by atoms with Crippen molar-refractivity contribution < 1.29 is 14.3 Å². The van der Waals surface area contributed by atoms with Crippen molar-refractivity contribution in [1.29, 1.82) is 0 Å². The lowest BCUT2D eigenvalue weighted by atomic mass is 10.1. The fourth-order valence-electron chi connectivity index (χ4n) is 1.66. The van der Waals surface area contributed by atoms with Crippen LogP contribution in [0.1, 0.15) is 26.3 Å². The van der Waals surface area contributed by atoms with Gasteiger partial charge in [0.15, 0.2) is 0 Å². The Morgan fingerprint density at radius 3 is 2.42 bits per heavy atom. The third-order valence-electron chi connectivity index (χ3n) is 2.56. The fraction of sp³-hybridized carbons (Fsp3) is 0.400. The molecule has 0 radical (unpaired) electrons. The monoisotopic (exact) mass is 265 g/mol. The standard InChI is InChI=1S/C15H20FNO2/c1-4-17(11-15(2,3)19)14(18)10-7-12-5-8-13(16)9-6-12/h5-10,19H,4,11H2,1-3H3. The number of hydrogen-bond donors (Lipinski definition) is 1. The molecule has 4 heteroatoms. The number of halogens is 1. The van der Waals surface area contributed by atoms with Crippen molar-refractivity contribution in [2.45, 2.75) is 26.4 Å². The third-order valence-corrected chi connectivity index (χ3v) is 2.56. The molecule has 0 spiro atoms. The SMILES string of the molecule is CCN(CC(C)(C)O)C(=O)C=Cc1ccc(F)cc1. The highest BCUT2D eigenvalue weighted by molar-refractivity contribution is 5.91. The smallest absolute Gasteiger partial charge is 0.246 e. The van der Waals surface area contributed by atoms with Gasteiger partial charge in [0.25, 0.3) is 0 Å². The van der Waals surface area contributed by atoms with Gasteiger partial charge in [0.2, 0.25) is 5.91 Å². The highest BCUT2D eigenvalue weighted by Crippen LogP contribution is 2.08. The van der Waals surface area contributed by atoms with Gasteiger partial charge in [-0.3, -0.25) is 4.79 Å². The first kappa shape index (κ1) is 15.4. The molecule has 0 aliphatic rings. The van der Waals surface area contributed by atoms with Crippen LogP contribution in [-0.2, 0) is 4.79 Å². The highest BCUT2D eigenvalue weighted by Gasteiger charge is 2.19. The van der Waals surface area contributed by atoms with E-state index in [4.69, 9.17) is 0 Å². The van der Waals surface area contributed by atoms with Crippen LogP contribution in [-0.4, -0.2) is 34.6 Å². The average molecular weight is 265 g/mol. The van der Waals surface area contributed by atoms with Crippen LogP contribution in [0.15, 0.2) is 30.3 Å². The zero-order valence-corrected chi connectivity index (χ0v) is 11.6. The molecule has 3 nitrogen and oxygen atoms in total. The fourth-order valence-corrected chi connectivity index (χ4v) is 1.66. The maximum atomic E-state index is 12.7. The molecule has 0 aromatic heterocycles. The summed E-state index contributed by atoms with van der Waals surface area (Å²) < 4.78 is 12.7. The van der Waals surface area contributed by atoms with Gasteiger partial charge in [-0.1, -0.05) is 12.1 Å². The summed E-state index contributed by atoms with van der Waals surface area (Å²) in [6, 6.07) is 5.90. The van der Waals surface area contributed by atoms with Gasteiger partial charge in [0, 0.05) is 19.2 Å². The number of hydrogen-bond acceptors (Lipinski definition) is 2. The Morgan fingerprint density at radius 1 is 1.37 bits per heavy atom. The molecule has 0 unspecified atom stereocenters. The Labute approximate surface area is 113 Å². The van der Waals surface area contributed by atoms with Crippen LogP contribution < -0.4 is 0 Å². The minimum absolute atomic E-state index is 0.172. The summed E-state index contributed by atoms with van der Waals surface area (Å²) in [5.74, 6) is -0.477. The number of aliphatic hydroxyl groups is 1. The second-order valence-corrected chi connectivity index (χ2v) is 5.05. The van der Waals surface area contributed by atoms with Crippen LogP contribution >= 0.6 is 0 Å². The first-order valence-corrected chi connectivity index (χ1v) is 6.27. The molecule has 1 aromatic carbocycles. The van der Waals surface area contributed by atoms with Gasteiger partial charge < -0.3 is 10.0 Å². The molecule has 0 aliphatic carbocycles. The number of carbonyl (C=O) groups excluding carboxylic acids is 1. The van der Waals surface area contributed by atoms with Crippen LogP contribution in [0.2, 0.25) is 0 Å². The minimum Gasteiger partial charge on any atom is -0.389 e. The minimum atomic E-state index is -0.921. The molecule has 1 aromatic rings. The Bertz CT molecular complexity index is 446. The number of likely N-dealkylation sites (N-methyl/N-ethyl adjacent to an activating group) is 1. The van der Waals surface area contributed by atoms with E-state index >= 15 is 0 Å². The summed E-state index contributed by atoms with van der Waals surface area (Å²) in [6.45, 7) is 5.97. The number of rotatable bonds is 5. The molecule has 0 atom stereocenters. The molecule has 1 N–H and O–H groups in total. The van der Waals surface area contributed by atoms with Crippen LogP contribution in [0.25, 0.3) is 6.08 Å². The number of nitrogens with zero attached hydrogens (tertiary/aromatic N) is 1. The van der Waals surface area contributed by atoms with Gasteiger partial charge in [-0.25, -0.2) is 4.39 Å². The molecule has 0 heterocycles. The van der Waals surface area contributed by atoms with Gasteiger partial charge in [-0.15, -0.1) is 0 Å². The van der Waals surface area contributed by atoms with Crippen molar-refractivity contribution in [3.63, 3.8) is 0 Å². The summed E-state index contributed by atoms with van der Waals surface area (Å²) in [5, 5.41) is 9.72. The van der Waals surface area contributed by atoms with Crippen LogP contribution in [0.4, 0.5) is 4.39 Å². The summed E-state index contributed by atoms with van der Waals surface area (Å²) in [6.07, 6.45) is 3.07. The second kappa shape index (κ2) is 6.48. The zero-order valence-electron chi connectivity index (χ0n) is 11.6. The molecule has 1 amide bonds.